The van der Waals surface area contributed by atoms with Crippen LogP contribution in [0.5, 0.6) is 0 Å². The van der Waals surface area contributed by atoms with Crippen molar-refractivity contribution in [3.8, 4) is 0 Å². The summed E-state index contributed by atoms with van der Waals surface area (Å²) < 4.78 is 5.56. The molecule has 2 N–H and O–H groups in total. The van der Waals surface area contributed by atoms with Crippen LogP contribution in [0.15, 0.2) is 24.3 Å². The predicted octanol–water partition coefficient (Wildman–Crippen LogP) is 3.02. The third kappa shape index (κ3) is 3.57. The van der Waals surface area contributed by atoms with Crippen LogP contribution in [0.3, 0.4) is 0 Å². The third-order valence-electron chi connectivity index (χ3n) is 3.50. The number of hydrogen-bond donors (Lipinski definition) is 1. The molecular weight excluding hydrogens is 226 g/mol. The Bertz CT molecular complexity index is 378. The van der Waals surface area contributed by atoms with Crippen LogP contribution >= 0.6 is 0 Å². The predicted molar refractivity (Wildman–Crippen MR) is 71.2 cm³/mol. The van der Waals surface area contributed by atoms with E-state index in [9.17, 15) is 4.79 Å². The summed E-state index contributed by atoms with van der Waals surface area (Å²) in [7, 11) is 0. The molecule has 1 aromatic rings. The summed E-state index contributed by atoms with van der Waals surface area (Å²) in [4.78, 5) is 12.0. The zero-order chi connectivity index (χ0) is 12.8. The summed E-state index contributed by atoms with van der Waals surface area (Å²) in [6, 6.07) is 7.34. The Morgan fingerprint density at radius 3 is 2.28 bits per heavy atom. The quantitative estimate of drug-likeness (QED) is 0.660. The van der Waals surface area contributed by atoms with Crippen molar-refractivity contribution in [1.29, 1.82) is 0 Å². The van der Waals surface area contributed by atoms with Crippen LogP contribution < -0.4 is 5.73 Å². The first kappa shape index (κ1) is 13.1. The summed E-state index contributed by atoms with van der Waals surface area (Å²) in [6.07, 6.45) is 6.99. The van der Waals surface area contributed by atoms with Crippen molar-refractivity contribution in [2.24, 2.45) is 5.73 Å². The van der Waals surface area contributed by atoms with Crippen molar-refractivity contribution < 1.29 is 9.53 Å². The van der Waals surface area contributed by atoms with Crippen molar-refractivity contribution in [1.82, 2.24) is 0 Å². The summed E-state index contributed by atoms with van der Waals surface area (Å²) in [5, 5.41) is 0. The van der Waals surface area contributed by atoms with Crippen molar-refractivity contribution in [3.05, 3.63) is 35.4 Å². The second-order valence-electron chi connectivity index (χ2n) is 4.92. The van der Waals surface area contributed by atoms with Gasteiger partial charge in [-0.3, -0.25) is 0 Å². The van der Waals surface area contributed by atoms with E-state index in [1.54, 1.807) is 12.1 Å². The number of ether oxygens (including phenoxy) is 1. The van der Waals surface area contributed by atoms with Gasteiger partial charge in [0.2, 0.25) is 0 Å². The summed E-state index contributed by atoms with van der Waals surface area (Å²) in [5.41, 5.74) is 7.18. The molecule has 0 aliphatic heterocycles. The van der Waals surface area contributed by atoms with E-state index in [0.29, 0.717) is 12.1 Å². The molecular formula is C15H21NO2. The summed E-state index contributed by atoms with van der Waals surface area (Å²) in [5.74, 6) is -0.203. The van der Waals surface area contributed by atoms with Crippen LogP contribution in [0, 0.1) is 0 Å². The van der Waals surface area contributed by atoms with Crippen molar-refractivity contribution >= 4 is 5.97 Å². The molecule has 18 heavy (non-hydrogen) atoms. The lowest BCUT2D eigenvalue weighted by molar-refractivity contribution is 0.0267. The Balaban J connectivity index is 1.93. The van der Waals surface area contributed by atoms with Gasteiger partial charge in [0.15, 0.2) is 0 Å². The molecule has 0 bridgehead atoms. The normalized spacial score (nSPS) is 17.2. The van der Waals surface area contributed by atoms with Gasteiger partial charge in [-0.1, -0.05) is 25.0 Å². The average Bonchev–Trinajstić information content (AvgIpc) is 2.67. The smallest absolute Gasteiger partial charge is 0.338 e. The molecule has 2 rings (SSSR count). The fraction of sp³-hybridized carbons (Fsp3) is 0.533. The van der Waals surface area contributed by atoms with Crippen LogP contribution in [0.4, 0.5) is 0 Å². The van der Waals surface area contributed by atoms with Gasteiger partial charge in [-0.05, 0) is 43.4 Å². The highest BCUT2D eigenvalue weighted by molar-refractivity contribution is 5.89. The highest BCUT2D eigenvalue weighted by Crippen LogP contribution is 2.21. The summed E-state index contributed by atoms with van der Waals surface area (Å²) >= 11 is 0. The molecule has 3 nitrogen and oxygen atoms in total. The molecule has 0 saturated heterocycles. The van der Waals surface area contributed by atoms with Gasteiger partial charge in [-0.25, -0.2) is 4.79 Å². The van der Waals surface area contributed by atoms with E-state index in [-0.39, 0.29) is 12.1 Å². The Kier molecular flexibility index (Phi) is 4.76. The van der Waals surface area contributed by atoms with Gasteiger partial charge < -0.3 is 10.5 Å². The number of nitrogens with two attached hydrogens (primary N) is 1. The lowest BCUT2D eigenvalue weighted by Gasteiger charge is -2.15. The minimum Gasteiger partial charge on any atom is -0.459 e. The van der Waals surface area contributed by atoms with E-state index in [2.05, 4.69) is 0 Å². The van der Waals surface area contributed by atoms with E-state index >= 15 is 0 Å². The van der Waals surface area contributed by atoms with E-state index < -0.39 is 0 Å². The van der Waals surface area contributed by atoms with Gasteiger partial charge in [0.25, 0.3) is 0 Å². The Hall–Kier alpha value is -1.35. The first-order chi connectivity index (χ1) is 8.79. The molecule has 1 aliphatic rings. The molecule has 98 valence electrons. The molecule has 0 radical (unpaired) electrons. The lowest BCUT2D eigenvalue weighted by Crippen LogP contribution is -2.17. The fourth-order valence-electron chi connectivity index (χ4n) is 2.36. The molecule has 0 spiro atoms. The maximum Gasteiger partial charge on any atom is 0.338 e. The van der Waals surface area contributed by atoms with Crippen molar-refractivity contribution in [2.45, 2.75) is 51.2 Å². The second-order valence-corrected chi connectivity index (χ2v) is 4.92. The number of esters is 1. The van der Waals surface area contributed by atoms with Crippen LogP contribution in [0.2, 0.25) is 0 Å². The van der Waals surface area contributed by atoms with Crippen LogP contribution in [0.25, 0.3) is 0 Å². The Morgan fingerprint density at radius 1 is 1.11 bits per heavy atom. The topological polar surface area (TPSA) is 52.3 Å². The van der Waals surface area contributed by atoms with Gasteiger partial charge in [0.05, 0.1) is 5.56 Å². The fourth-order valence-corrected chi connectivity index (χ4v) is 2.36. The maximum absolute atomic E-state index is 12.0. The molecule has 1 aromatic carbocycles. The van der Waals surface area contributed by atoms with Gasteiger partial charge in [0, 0.05) is 6.54 Å². The van der Waals surface area contributed by atoms with Crippen molar-refractivity contribution in [2.75, 3.05) is 0 Å². The number of hydrogen-bond acceptors (Lipinski definition) is 3. The molecule has 0 heterocycles. The van der Waals surface area contributed by atoms with E-state index in [1.807, 2.05) is 12.1 Å². The first-order valence-corrected chi connectivity index (χ1v) is 6.79. The van der Waals surface area contributed by atoms with Gasteiger partial charge >= 0.3 is 5.97 Å². The zero-order valence-electron chi connectivity index (χ0n) is 10.7. The lowest BCUT2D eigenvalue weighted by atomic mass is 10.1. The molecule has 1 fully saturated rings. The van der Waals surface area contributed by atoms with Crippen molar-refractivity contribution in [3.63, 3.8) is 0 Å². The largest absolute Gasteiger partial charge is 0.459 e. The Labute approximate surface area is 108 Å². The highest BCUT2D eigenvalue weighted by atomic mass is 16.5. The monoisotopic (exact) mass is 247 g/mol. The number of benzene rings is 1. The van der Waals surface area contributed by atoms with Gasteiger partial charge in [-0.2, -0.15) is 0 Å². The maximum atomic E-state index is 12.0. The van der Waals surface area contributed by atoms with Gasteiger partial charge in [0.1, 0.15) is 6.10 Å². The minimum absolute atomic E-state index is 0.106. The molecule has 0 unspecified atom stereocenters. The van der Waals surface area contributed by atoms with E-state index in [4.69, 9.17) is 10.5 Å². The second kappa shape index (κ2) is 6.55. The van der Waals surface area contributed by atoms with Gasteiger partial charge in [-0.15, -0.1) is 0 Å². The van der Waals surface area contributed by atoms with E-state index in [0.717, 1.165) is 18.4 Å². The third-order valence-corrected chi connectivity index (χ3v) is 3.50. The number of rotatable bonds is 3. The van der Waals surface area contributed by atoms with Crippen LogP contribution in [-0.4, -0.2) is 12.1 Å². The molecule has 0 amide bonds. The molecule has 1 aliphatic carbocycles. The molecule has 0 aromatic heterocycles. The SMILES string of the molecule is NCc1ccc(C(=O)OC2CCCCCC2)cc1. The van der Waals surface area contributed by atoms with Crippen LogP contribution in [-0.2, 0) is 11.3 Å². The zero-order valence-corrected chi connectivity index (χ0v) is 10.7. The standard InChI is InChI=1S/C15H21NO2/c16-11-12-7-9-13(10-8-12)15(17)18-14-5-3-1-2-4-6-14/h7-10,14H,1-6,11,16H2. The average molecular weight is 247 g/mol. The minimum atomic E-state index is -0.203. The molecule has 3 heteroatoms. The van der Waals surface area contributed by atoms with Crippen LogP contribution in [0.1, 0.15) is 54.4 Å². The number of carbonyl (C=O) groups is 1. The van der Waals surface area contributed by atoms with E-state index in [1.165, 1.54) is 25.7 Å². The summed E-state index contributed by atoms with van der Waals surface area (Å²) in [6.45, 7) is 0.498. The highest BCUT2D eigenvalue weighted by Gasteiger charge is 2.17. The molecule has 1 saturated carbocycles. The number of carbonyl (C=O) groups excluding carboxylic acids is 1. The first-order valence-electron chi connectivity index (χ1n) is 6.79. The molecule has 0 atom stereocenters. The Morgan fingerprint density at radius 2 is 1.72 bits per heavy atom.